The molecule has 0 bridgehead atoms. The highest BCUT2D eigenvalue weighted by atomic mass is 16.6. The van der Waals surface area contributed by atoms with E-state index in [0.29, 0.717) is 38.4 Å². The van der Waals surface area contributed by atoms with E-state index in [4.69, 9.17) is 19.6 Å². The van der Waals surface area contributed by atoms with Crippen LogP contribution < -0.4 is 5.32 Å². The number of ether oxygens (including phenoxy) is 2. The van der Waals surface area contributed by atoms with Gasteiger partial charge in [0.05, 0.1) is 17.4 Å². The minimum atomic E-state index is -0.518. The van der Waals surface area contributed by atoms with Crippen LogP contribution in [0.5, 0.6) is 0 Å². The summed E-state index contributed by atoms with van der Waals surface area (Å²) in [6.45, 7) is 11.7. The Labute approximate surface area is 298 Å². The molecule has 7 rings (SSSR count). The number of hydrogen-bond acceptors (Lipinski definition) is 8. The Balaban J connectivity index is 1.04. The number of fused-ring (bicyclic) bond motifs is 2. The Morgan fingerprint density at radius 2 is 1.75 bits per heavy atom. The molecule has 1 aromatic carbocycles. The quantitative estimate of drug-likeness (QED) is 0.269. The van der Waals surface area contributed by atoms with Crippen LogP contribution in [0.2, 0.25) is 0 Å². The third-order valence-corrected chi connectivity index (χ3v) is 10.2. The van der Waals surface area contributed by atoms with Gasteiger partial charge in [0.1, 0.15) is 11.3 Å². The van der Waals surface area contributed by atoms with Crippen LogP contribution in [0.4, 0.5) is 4.79 Å². The summed E-state index contributed by atoms with van der Waals surface area (Å²) in [7, 11) is 0. The number of pyridine rings is 2. The van der Waals surface area contributed by atoms with E-state index < -0.39 is 5.60 Å². The zero-order valence-corrected chi connectivity index (χ0v) is 30.0. The average molecular weight is 694 g/mol. The van der Waals surface area contributed by atoms with E-state index in [1.807, 2.05) is 50.1 Å². The number of piperidine rings is 1. The molecule has 6 heterocycles. The van der Waals surface area contributed by atoms with Gasteiger partial charge in [-0.3, -0.25) is 24.2 Å². The van der Waals surface area contributed by atoms with E-state index in [9.17, 15) is 14.4 Å². The predicted molar refractivity (Wildman–Crippen MR) is 193 cm³/mol. The second-order valence-corrected chi connectivity index (χ2v) is 14.9. The maximum atomic E-state index is 13.0. The number of benzene rings is 1. The number of nitrogens with one attached hydrogen (secondary N) is 1. The standard InChI is InChI=1S/C39H47N7O5/c1-25(47)45-17-12-35-32(24-45)36(43-46(35)29-13-18-50-19-14-29)30-7-5-6-27-20-34(41-23-31(27)30)28-8-9-33(40-22-28)37(48)42-21-26-10-15-44(16-11-26)38(49)51-39(2,3)4/h5-9,20,22-23,26,29H,10-19,21,24H2,1-4H3,(H,42,48). The second kappa shape index (κ2) is 14.4. The zero-order chi connectivity index (χ0) is 35.7. The van der Waals surface area contributed by atoms with Gasteiger partial charge in [-0.25, -0.2) is 4.79 Å². The van der Waals surface area contributed by atoms with E-state index in [1.54, 1.807) is 24.1 Å². The fraction of sp³-hybridized carbons (Fsp3) is 0.487. The topological polar surface area (TPSA) is 132 Å². The first kappa shape index (κ1) is 34.6. The number of rotatable bonds is 6. The lowest BCUT2D eigenvalue weighted by atomic mass is 9.96. The molecule has 1 N–H and O–H groups in total. The van der Waals surface area contributed by atoms with Crippen LogP contribution in [-0.4, -0.2) is 92.4 Å². The minimum absolute atomic E-state index is 0.0733. The van der Waals surface area contributed by atoms with Crippen LogP contribution in [0.25, 0.3) is 33.3 Å². The van der Waals surface area contributed by atoms with Gasteiger partial charge in [0, 0.05) is 99.4 Å². The molecule has 0 atom stereocenters. The van der Waals surface area contributed by atoms with Gasteiger partial charge in [0.15, 0.2) is 0 Å². The Morgan fingerprint density at radius 1 is 0.961 bits per heavy atom. The number of likely N-dealkylation sites (tertiary alicyclic amines) is 1. The summed E-state index contributed by atoms with van der Waals surface area (Å²) in [5.41, 5.74) is 5.64. The van der Waals surface area contributed by atoms with Gasteiger partial charge in [-0.05, 0) is 76.0 Å². The van der Waals surface area contributed by atoms with Crippen molar-refractivity contribution in [2.45, 2.75) is 78.0 Å². The van der Waals surface area contributed by atoms with Crippen molar-refractivity contribution in [1.29, 1.82) is 0 Å². The van der Waals surface area contributed by atoms with Gasteiger partial charge in [-0.1, -0.05) is 18.2 Å². The fourth-order valence-corrected chi connectivity index (χ4v) is 7.35. The average Bonchev–Trinajstić information content (AvgIpc) is 3.52. The summed E-state index contributed by atoms with van der Waals surface area (Å²) in [4.78, 5) is 50.7. The minimum Gasteiger partial charge on any atom is -0.444 e. The molecule has 3 amide bonds. The Kier molecular flexibility index (Phi) is 9.78. The Hall–Kier alpha value is -4.84. The van der Waals surface area contributed by atoms with Crippen molar-refractivity contribution in [1.82, 2.24) is 34.9 Å². The van der Waals surface area contributed by atoms with E-state index in [2.05, 4.69) is 27.1 Å². The van der Waals surface area contributed by atoms with Gasteiger partial charge in [0.25, 0.3) is 5.91 Å². The van der Waals surface area contributed by atoms with Crippen LogP contribution in [-0.2, 0) is 27.2 Å². The van der Waals surface area contributed by atoms with Gasteiger partial charge < -0.3 is 24.6 Å². The molecule has 3 aliphatic heterocycles. The molecule has 3 aliphatic rings. The summed E-state index contributed by atoms with van der Waals surface area (Å²) in [5, 5.41) is 10.3. The molecule has 0 radical (unpaired) electrons. The normalized spacial score (nSPS) is 17.3. The number of carbonyl (C=O) groups excluding carboxylic acids is 3. The Morgan fingerprint density at radius 3 is 2.45 bits per heavy atom. The zero-order valence-electron chi connectivity index (χ0n) is 30.0. The largest absolute Gasteiger partial charge is 0.444 e. The molecule has 3 aromatic heterocycles. The van der Waals surface area contributed by atoms with Crippen LogP contribution in [0.1, 0.15) is 81.2 Å². The molecule has 12 nitrogen and oxygen atoms in total. The van der Waals surface area contributed by atoms with E-state index in [-0.39, 0.29) is 29.9 Å². The van der Waals surface area contributed by atoms with Gasteiger partial charge in [0.2, 0.25) is 5.91 Å². The summed E-state index contributed by atoms with van der Waals surface area (Å²) in [6, 6.07) is 12.1. The molecule has 0 unspecified atom stereocenters. The third kappa shape index (κ3) is 7.61. The van der Waals surface area contributed by atoms with Crippen LogP contribution in [0.3, 0.4) is 0 Å². The molecule has 4 aromatic rings. The van der Waals surface area contributed by atoms with Gasteiger partial charge in [-0.15, -0.1) is 0 Å². The van der Waals surface area contributed by atoms with Crippen molar-refractivity contribution in [3.63, 3.8) is 0 Å². The molecule has 2 fully saturated rings. The molecular weight excluding hydrogens is 646 g/mol. The molecule has 12 heteroatoms. The van der Waals surface area contributed by atoms with E-state index >= 15 is 0 Å². The van der Waals surface area contributed by atoms with Gasteiger partial charge >= 0.3 is 6.09 Å². The smallest absolute Gasteiger partial charge is 0.410 e. The monoisotopic (exact) mass is 693 g/mol. The number of carbonyl (C=O) groups is 3. The first-order chi connectivity index (χ1) is 24.5. The van der Waals surface area contributed by atoms with Crippen molar-refractivity contribution < 1.29 is 23.9 Å². The highest BCUT2D eigenvalue weighted by molar-refractivity contribution is 5.98. The van der Waals surface area contributed by atoms with Crippen LogP contribution in [0.15, 0.2) is 48.8 Å². The molecule has 0 aliphatic carbocycles. The summed E-state index contributed by atoms with van der Waals surface area (Å²) < 4.78 is 13.3. The lowest BCUT2D eigenvalue weighted by Gasteiger charge is -2.33. The summed E-state index contributed by atoms with van der Waals surface area (Å²) in [6.07, 6.45) is 7.54. The highest BCUT2D eigenvalue weighted by Gasteiger charge is 2.31. The Bertz CT molecular complexity index is 1920. The van der Waals surface area contributed by atoms with Crippen molar-refractivity contribution in [2.75, 3.05) is 39.4 Å². The lowest BCUT2D eigenvalue weighted by molar-refractivity contribution is -0.129. The first-order valence-corrected chi connectivity index (χ1v) is 18.1. The van der Waals surface area contributed by atoms with Crippen molar-refractivity contribution in [3.8, 4) is 22.5 Å². The van der Waals surface area contributed by atoms with E-state index in [0.717, 1.165) is 84.2 Å². The maximum absolute atomic E-state index is 13.0. The fourth-order valence-electron chi connectivity index (χ4n) is 7.35. The number of aromatic nitrogens is 4. The molecule has 0 spiro atoms. The summed E-state index contributed by atoms with van der Waals surface area (Å²) >= 11 is 0. The third-order valence-electron chi connectivity index (χ3n) is 10.2. The van der Waals surface area contributed by atoms with Crippen molar-refractivity contribution >= 4 is 28.7 Å². The number of amides is 3. The predicted octanol–water partition coefficient (Wildman–Crippen LogP) is 5.79. The number of nitrogens with zero attached hydrogens (tertiary/aromatic N) is 6. The van der Waals surface area contributed by atoms with Crippen molar-refractivity contribution in [3.05, 3.63) is 65.7 Å². The van der Waals surface area contributed by atoms with E-state index in [1.165, 1.54) is 5.69 Å². The van der Waals surface area contributed by atoms with Gasteiger partial charge in [-0.2, -0.15) is 5.10 Å². The SMILES string of the molecule is CC(=O)N1CCc2c(c(-c3cccc4cc(-c5ccc(C(=O)NCC6CCN(C(=O)OC(C)(C)C)CC6)nc5)ncc34)nn2C2CCOCC2)C1. The molecule has 2 saturated heterocycles. The molecule has 51 heavy (non-hydrogen) atoms. The molecular formula is C39H47N7O5. The van der Waals surface area contributed by atoms with Crippen molar-refractivity contribution in [2.24, 2.45) is 5.92 Å². The summed E-state index contributed by atoms with van der Waals surface area (Å²) in [5.74, 6) is 0.135. The lowest BCUT2D eigenvalue weighted by Crippen LogP contribution is -2.43. The maximum Gasteiger partial charge on any atom is 0.410 e. The second-order valence-electron chi connectivity index (χ2n) is 14.9. The highest BCUT2D eigenvalue weighted by Crippen LogP contribution is 2.37. The molecule has 0 saturated carbocycles. The van der Waals surface area contributed by atoms with Crippen LogP contribution >= 0.6 is 0 Å². The first-order valence-electron chi connectivity index (χ1n) is 18.1. The van der Waals surface area contributed by atoms with Crippen LogP contribution in [0, 0.1) is 5.92 Å². The number of hydrogen-bond donors (Lipinski definition) is 1. The molecule has 268 valence electrons.